The predicted molar refractivity (Wildman–Crippen MR) is 41.4 cm³/mol. The van der Waals surface area contributed by atoms with Crippen LogP contribution in [-0.2, 0) is 9.53 Å². The molecule has 1 atom stereocenters. The molecule has 0 saturated carbocycles. The van der Waals surface area contributed by atoms with Crippen molar-refractivity contribution in [3.63, 3.8) is 0 Å². The molecule has 5 nitrogen and oxygen atoms in total. The van der Waals surface area contributed by atoms with Crippen molar-refractivity contribution in [2.75, 3.05) is 6.61 Å². The van der Waals surface area contributed by atoms with Gasteiger partial charge >= 0.3 is 5.97 Å². The van der Waals surface area contributed by atoms with Crippen molar-refractivity contribution in [3.05, 3.63) is 12.2 Å². The fourth-order valence-corrected chi connectivity index (χ4v) is 0.802. The lowest BCUT2D eigenvalue weighted by Gasteiger charge is -2.05. The highest BCUT2D eigenvalue weighted by Gasteiger charge is 2.18. The highest BCUT2D eigenvalue weighted by atomic mass is 16.5. The molecular formula is C7H11N3O2. The normalized spacial score (nSPS) is 12.5. The maximum Gasteiger partial charge on any atom is 0.316 e. The van der Waals surface area contributed by atoms with E-state index in [1.165, 1.54) is 6.33 Å². The summed E-state index contributed by atoms with van der Waals surface area (Å²) in [5.74, 6) is -0.116. The Balaban J connectivity index is 2.59. The van der Waals surface area contributed by atoms with Crippen molar-refractivity contribution in [2.45, 2.75) is 19.8 Å². The molecule has 0 radical (unpaired) electrons. The van der Waals surface area contributed by atoms with Gasteiger partial charge in [0, 0.05) is 0 Å². The molecule has 0 saturated heterocycles. The number of nitrogens with one attached hydrogen (secondary N) is 1. The van der Waals surface area contributed by atoms with Crippen LogP contribution >= 0.6 is 0 Å². The zero-order chi connectivity index (χ0) is 8.97. The second-order valence-electron chi connectivity index (χ2n) is 2.34. The maximum absolute atomic E-state index is 11.1. The lowest BCUT2D eigenvalue weighted by atomic mass is 10.2. The van der Waals surface area contributed by atoms with E-state index in [0.717, 1.165) is 0 Å². The highest BCUT2D eigenvalue weighted by Crippen LogP contribution is 2.09. The summed E-state index contributed by atoms with van der Waals surface area (Å²) in [6.07, 6.45) is 1.37. The molecule has 0 aliphatic heterocycles. The monoisotopic (exact) mass is 169 g/mol. The summed E-state index contributed by atoms with van der Waals surface area (Å²) < 4.78 is 4.80. The molecule has 5 heteroatoms. The van der Waals surface area contributed by atoms with E-state index >= 15 is 0 Å². The van der Waals surface area contributed by atoms with E-state index in [1.807, 2.05) is 0 Å². The first kappa shape index (κ1) is 8.70. The largest absolute Gasteiger partial charge is 0.465 e. The summed E-state index contributed by atoms with van der Waals surface area (Å²) >= 11 is 0. The van der Waals surface area contributed by atoms with Gasteiger partial charge in [0.2, 0.25) is 0 Å². The lowest BCUT2D eigenvalue weighted by Crippen LogP contribution is -2.14. The van der Waals surface area contributed by atoms with Gasteiger partial charge in [0.1, 0.15) is 18.1 Å². The first-order valence-corrected chi connectivity index (χ1v) is 3.77. The second kappa shape index (κ2) is 3.85. The summed E-state index contributed by atoms with van der Waals surface area (Å²) in [4.78, 5) is 15.0. The van der Waals surface area contributed by atoms with E-state index in [0.29, 0.717) is 12.4 Å². The topological polar surface area (TPSA) is 67.9 Å². The summed E-state index contributed by atoms with van der Waals surface area (Å²) in [5, 5.41) is 6.26. The van der Waals surface area contributed by atoms with Crippen LogP contribution in [0.1, 0.15) is 25.6 Å². The van der Waals surface area contributed by atoms with E-state index in [4.69, 9.17) is 4.74 Å². The number of aromatic nitrogens is 3. The lowest BCUT2D eigenvalue weighted by molar-refractivity contribution is -0.144. The Morgan fingerprint density at radius 1 is 1.83 bits per heavy atom. The Labute approximate surface area is 70.1 Å². The fourth-order valence-electron chi connectivity index (χ4n) is 0.802. The van der Waals surface area contributed by atoms with Crippen LogP contribution < -0.4 is 0 Å². The standard InChI is InChI=1S/C7H11N3O2/c1-3-12-7(11)5(2)6-8-4-9-10-6/h4-5H,3H2,1-2H3,(H,8,9,10). The van der Waals surface area contributed by atoms with Crippen LogP contribution in [-0.4, -0.2) is 27.8 Å². The number of ether oxygens (including phenoxy) is 1. The Bertz CT molecular complexity index is 245. The van der Waals surface area contributed by atoms with Crippen molar-refractivity contribution in [1.29, 1.82) is 0 Å². The van der Waals surface area contributed by atoms with E-state index in [-0.39, 0.29) is 11.9 Å². The number of aromatic amines is 1. The zero-order valence-corrected chi connectivity index (χ0v) is 7.07. The zero-order valence-electron chi connectivity index (χ0n) is 7.07. The van der Waals surface area contributed by atoms with Crippen LogP contribution in [0.15, 0.2) is 6.33 Å². The Hall–Kier alpha value is -1.39. The van der Waals surface area contributed by atoms with Crippen molar-refractivity contribution in [2.24, 2.45) is 0 Å². The van der Waals surface area contributed by atoms with Crippen LogP contribution in [0.25, 0.3) is 0 Å². The molecule has 0 amide bonds. The quantitative estimate of drug-likeness (QED) is 0.668. The maximum atomic E-state index is 11.1. The van der Waals surface area contributed by atoms with Crippen molar-refractivity contribution in [3.8, 4) is 0 Å². The smallest absolute Gasteiger partial charge is 0.316 e. The highest BCUT2D eigenvalue weighted by molar-refractivity contribution is 5.76. The molecule has 66 valence electrons. The average molecular weight is 169 g/mol. The number of rotatable bonds is 3. The minimum Gasteiger partial charge on any atom is -0.465 e. The first-order chi connectivity index (χ1) is 5.75. The van der Waals surface area contributed by atoms with Gasteiger partial charge in [-0.25, -0.2) is 4.98 Å². The molecular weight excluding hydrogens is 158 g/mol. The summed E-state index contributed by atoms with van der Waals surface area (Å²) in [7, 11) is 0. The molecule has 0 fully saturated rings. The van der Waals surface area contributed by atoms with Gasteiger partial charge in [0.25, 0.3) is 0 Å². The average Bonchev–Trinajstić information content (AvgIpc) is 2.55. The number of hydrogen-bond acceptors (Lipinski definition) is 4. The minimum atomic E-state index is -0.368. The number of hydrogen-bond donors (Lipinski definition) is 1. The van der Waals surface area contributed by atoms with Crippen LogP contribution in [0.5, 0.6) is 0 Å². The van der Waals surface area contributed by atoms with Gasteiger partial charge < -0.3 is 4.74 Å². The molecule has 1 heterocycles. The Morgan fingerprint density at radius 2 is 2.58 bits per heavy atom. The predicted octanol–water partition coefficient (Wildman–Crippen LogP) is 0.471. The minimum absolute atomic E-state index is 0.283. The molecule has 0 aliphatic carbocycles. The van der Waals surface area contributed by atoms with E-state index < -0.39 is 0 Å². The van der Waals surface area contributed by atoms with Gasteiger partial charge in [-0.2, -0.15) is 5.10 Å². The van der Waals surface area contributed by atoms with Gasteiger partial charge in [-0.3, -0.25) is 9.89 Å². The van der Waals surface area contributed by atoms with E-state index in [9.17, 15) is 4.79 Å². The van der Waals surface area contributed by atoms with Crippen molar-refractivity contribution >= 4 is 5.97 Å². The third-order valence-corrected chi connectivity index (χ3v) is 1.48. The van der Waals surface area contributed by atoms with Crippen LogP contribution in [0.4, 0.5) is 0 Å². The van der Waals surface area contributed by atoms with Crippen molar-refractivity contribution < 1.29 is 9.53 Å². The van der Waals surface area contributed by atoms with Gasteiger partial charge in [-0.15, -0.1) is 0 Å². The molecule has 0 aromatic carbocycles. The summed E-state index contributed by atoms with van der Waals surface area (Å²) in [6, 6.07) is 0. The molecule has 1 unspecified atom stereocenters. The fraction of sp³-hybridized carbons (Fsp3) is 0.571. The van der Waals surface area contributed by atoms with Gasteiger partial charge in [-0.05, 0) is 13.8 Å². The van der Waals surface area contributed by atoms with Gasteiger partial charge in [-0.1, -0.05) is 0 Å². The molecule has 1 aromatic heterocycles. The van der Waals surface area contributed by atoms with Crippen LogP contribution in [0, 0.1) is 0 Å². The number of carbonyl (C=O) groups is 1. The molecule has 1 N–H and O–H groups in total. The molecule has 0 spiro atoms. The van der Waals surface area contributed by atoms with Crippen molar-refractivity contribution in [1.82, 2.24) is 15.2 Å². The third-order valence-electron chi connectivity index (χ3n) is 1.48. The second-order valence-corrected chi connectivity index (χ2v) is 2.34. The Kier molecular flexibility index (Phi) is 2.79. The first-order valence-electron chi connectivity index (χ1n) is 3.77. The molecule has 12 heavy (non-hydrogen) atoms. The molecule has 1 aromatic rings. The number of nitrogens with zero attached hydrogens (tertiary/aromatic N) is 2. The SMILES string of the molecule is CCOC(=O)C(C)c1ncn[nH]1. The van der Waals surface area contributed by atoms with Gasteiger partial charge in [0.05, 0.1) is 6.61 Å². The van der Waals surface area contributed by atoms with Crippen LogP contribution in [0.3, 0.4) is 0 Å². The molecule has 0 bridgehead atoms. The van der Waals surface area contributed by atoms with Gasteiger partial charge in [0.15, 0.2) is 0 Å². The molecule has 1 rings (SSSR count). The number of esters is 1. The van der Waals surface area contributed by atoms with E-state index in [2.05, 4.69) is 15.2 Å². The van der Waals surface area contributed by atoms with E-state index in [1.54, 1.807) is 13.8 Å². The Morgan fingerprint density at radius 3 is 3.08 bits per heavy atom. The number of H-pyrrole nitrogens is 1. The van der Waals surface area contributed by atoms with Crippen LogP contribution in [0.2, 0.25) is 0 Å². The summed E-state index contributed by atoms with van der Waals surface area (Å²) in [5.41, 5.74) is 0. The third kappa shape index (κ3) is 1.81. The summed E-state index contributed by atoms with van der Waals surface area (Å²) in [6.45, 7) is 3.88. The number of carbonyl (C=O) groups excluding carboxylic acids is 1. The molecule has 0 aliphatic rings.